The van der Waals surface area contributed by atoms with Gasteiger partial charge in [-0.05, 0) is 24.7 Å². The molecule has 2 rings (SSSR count). The molecule has 1 atom stereocenters. The highest BCUT2D eigenvalue weighted by Crippen LogP contribution is 2.23. The van der Waals surface area contributed by atoms with Crippen molar-refractivity contribution in [1.29, 1.82) is 0 Å². The summed E-state index contributed by atoms with van der Waals surface area (Å²) in [7, 11) is 1.68. The van der Waals surface area contributed by atoms with Crippen molar-refractivity contribution < 1.29 is 8.78 Å². The second-order valence-corrected chi connectivity index (χ2v) is 3.56. The number of hydrogen-bond donors (Lipinski definition) is 1. The van der Waals surface area contributed by atoms with Crippen LogP contribution in [0.15, 0.2) is 36.9 Å². The van der Waals surface area contributed by atoms with E-state index in [9.17, 15) is 8.78 Å². The lowest BCUT2D eigenvalue weighted by Gasteiger charge is -2.17. The number of halogens is 2. The minimum absolute atomic E-state index is 0.412. The van der Waals surface area contributed by atoms with Crippen LogP contribution in [0.5, 0.6) is 0 Å². The Bertz CT molecular complexity index is 517. The van der Waals surface area contributed by atoms with Crippen LogP contribution in [0.1, 0.15) is 17.2 Å². The molecule has 2 heterocycles. The van der Waals surface area contributed by atoms with Crippen molar-refractivity contribution in [3.8, 4) is 0 Å². The first-order valence-electron chi connectivity index (χ1n) is 5.09. The molecule has 5 heteroatoms. The Balaban J connectivity index is 2.44. The zero-order valence-corrected chi connectivity index (χ0v) is 9.19. The molecule has 0 bridgehead atoms. The summed E-state index contributed by atoms with van der Waals surface area (Å²) < 4.78 is 26.7. The molecule has 0 aliphatic carbocycles. The monoisotopic (exact) mass is 235 g/mol. The predicted molar refractivity (Wildman–Crippen MR) is 59.3 cm³/mol. The third kappa shape index (κ3) is 2.45. The smallest absolute Gasteiger partial charge is 0.146 e. The summed E-state index contributed by atoms with van der Waals surface area (Å²) in [6, 6.07) is 2.44. The summed E-state index contributed by atoms with van der Waals surface area (Å²) in [5, 5.41) is 2.93. The summed E-state index contributed by atoms with van der Waals surface area (Å²) >= 11 is 0. The zero-order valence-electron chi connectivity index (χ0n) is 9.19. The summed E-state index contributed by atoms with van der Waals surface area (Å²) in [6.45, 7) is 0. The van der Waals surface area contributed by atoms with Gasteiger partial charge >= 0.3 is 0 Å². The van der Waals surface area contributed by atoms with Crippen LogP contribution in [0.25, 0.3) is 0 Å². The van der Waals surface area contributed by atoms with Crippen molar-refractivity contribution in [3.05, 3.63) is 59.7 Å². The van der Waals surface area contributed by atoms with E-state index in [2.05, 4.69) is 15.3 Å². The van der Waals surface area contributed by atoms with Gasteiger partial charge in [0, 0.05) is 18.0 Å². The highest BCUT2D eigenvalue weighted by Gasteiger charge is 2.16. The Morgan fingerprint density at radius 3 is 2.65 bits per heavy atom. The van der Waals surface area contributed by atoms with Crippen LogP contribution in [-0.4, -0.2) is 17.0 Å². The molecule has 2 aromatic heterocycles. The molecule has 1 unspecified atom stereocenters. The van der Waals surface area contributed by atoms with Crippen LogP contribution in [0.3, 0.4) is 0 Å². The second-order valence-electron chi connectivity index (χ2n) is 3.56. The first-order chi connectivity index (χ1) is 8.22. The number of pyridine rings is 2. The average molecular weight is 235 g/mol. The van der Waals surface area contributed by atoms with Gasteiger partial charge in [0.25, 0.3) is 0 Å². The second kappa shape index (κ2) is 4.97. The van der Waals surface area contributed by atoms with Gasteiger partial charge in [-0.1, -0.05) is 0 Å². The molecular weight excluding hydrogens is 224 g/mol. The van der Waals surface area contributed by atoms with E-state index in [1.54, 1.807) is 13.1 Å². The number of rotatable bonds is 3. The van der Waals surface area contributed by atoms with Gasteiger partial charge in [0.05, 0.1) is 18.4 Å². The molecule has 0 spiro atoms. The van der Waals surface area contributed by atoms with E-state index in [1.807, 2.05) is 0 Å². The maximum atomic E-state index is 13.6. The molecule has 1 N–H and O–H groups in total. The maximum Gasteiger partial charge on any atom is 0.146 e. The van der Waals surface area contributed by atoms with Crippen LogP contribution < -0.4 is 5.32 Å². The molecule has 0 fully saturated rings. The fourth-order valence-electron chi connectivity index (χ4n) is 1.71. The van der Waals surface area contributed by atoms with E-state index in [4.69, 9.17) is 0 Å². The highest BCUT2D eigenvalue weighted by atomic mass is 19.1. The molecule has 0 saturated heterocycles. The van der Waals surface area contributed by atoms with Crippen molar-refractivity contribution in [1.82, 2.24) is 15.3 Å². The van der Waals surface area contributed by atoms with Crippen LogP contribution in [-0.2, 0) is 0 Å². The SMILES string of the molecule is CNC(c1cncc(F)c1)c1ccncc1F. The maximum absolute atomic E-state index is 13.6. The van der Waals surface area contributed by atoms with Crippen molar-refractivity contribution >= 4 is 0 Å². The van der Waals surface area contributed by atoms with Gasteiger partial charge in [-0.3, -0.25) is 9.97 Å². The largest absolute Gasteiger partial charge is 0.309 e. The van der Waals surface area contributed by atoms with Crippen LogP contribution >= 0.6 is 0 Å². The van der Waals surface area contributed by atoms with Gasteiger partial charge in [-0.15, -0.1) is 0 Å². The van der Waals surface area contributed by atoms with Crippen LogP contribution in [0, 0.1) is 11.6 Å². The standard InChI is InChI=1S/C12H11F2N3/c1-15-12(8-4-9(13)6-17-5-8)10-2-3-16-7-11(10)14/h2-7,12,15H,1H3. The minimum Gasteiger partial charge on any atom is -0.309 e. The fourth-order valence-corrected chi connectivity index (χ4v) is 1.71. The first kappa shape index (κ1) is 11.6. The Hall–Kier alpha value is -1.88. The predicted octanol–water partition coefficient (Wildman–Crippen LogP) is 2.06. The fraction of sp³-hybridized carbons (Fsp3) is 0.167. The molecule has 0 saturated carbocycles. The van der Waals surface area contributed by atoms with Gasteiger partial charge in [0.2, 0.25) is 0 Å². The molecule has 88 valence electrons. The Kier molecular flexibility index (Phi) is 3.39. The summed E-state index contributed by atoms with van der Waals surface area (Å²) in [5.74, 6) is -0.881. The van der Waals surface area contributed by atoms with E-state index in [0.717, 1.165) is 12.4 Å². The highest BCUT2D eigenvalue weighted by molar-refractivity contribution is 5.29. The quantitative estimate of drug-likeness (QED) is 0.884. The van der Waals surface area contributed by atoms with E-state index < -0.39 is 17.7 Å². The van der Waals surface area contributed by atoms with Gasteiger partial charge in [-0.25, -0.2) is 8.78 Å². The molecule has 0 radical (unpaired) electrons. The summed E-state index contributed by atoms with van der Waals surface area (Å²) in [6.07, 6.45) is 5.24. The van der Waals surface area contributed by atoms with Gasteiger partial charge in [0.15, 0.2) is 0 Å². The first-order valence-corrected chi connectivity index (χ1v) is 5.09. The molecule has 0 aromatic carbocycles. The Morgan fingerprint density at radius 2 is 2.00 bits per heavy atom. The molecule has 17 heavy (non-hydrogen) atoms. The van der Waals surface area contributed by atoms with E-state index in [1.165, 1.54) is 18.5 Å². The van der Waals surface area contributed by atoms with E-state index in [0.29, 0.717) is 11.1 Å². The van der Waals surface area contributed by atoms with E-state index in [-0.39, 0.29) is 0 Å². The third-order valence-corrected chi connectivity index (χ3v) is 2.46. The van der Waals surface area contributed by atoms with Crippen molar-refractivity contribution in [2.75, 3.05) is 7.05 Å². The van der Waals surface area contributed by atoms with Crippen molar-refractivity contribution in [2.45, 2.75) is 6.04 Å². The summed E-state index contributed by atoms with van der Waals surface area (Å²) in [5.41, 5.74) is 0.979. The molecule has 2 aromatic rings. The zero-order chi connectivity index (χ0) is 12.3. The number of hydrogen-bond acceptors (Lipinski definition) is 3. The van der Waals surface area contributed by atoms with Gasteiger partial charge < -0.3 is 5.32 Å². The molecule has 0 aliphatic heterocycles. The van der Waals surface area contributed by atoms with Crippen LogP contribution in [0.2, 0.25) is 0 Å². The van der Waals surface area contributed by atoms with Crippen molar-refractivity contribution in [3.63, 3.8) is 0 Å². The number of aromatic nitrogens is 2. The molecule has 0 aliphatic rings. The molecular formula is C12H11F2N3. The average Bonchev–Trinajstić information content (AvgIpc) is 2.33. The van der Waals surface area contributed by atoms with Crippen molar-refractivity contribution in [2.24, 2.45) is 0 Å². The third-order valence-electron chi connectivity index (χ3n) is 2.46. The van der Waals surface area contributed by atoms with Gasteiger partial charge in [0.1, 0.15) is 11.6 Å². The minimum atomic E-state index is -0.447. The summed E-state index contributed by atoms with van der Waals surface area (Å²) in [4.78, 5) is 7.44. The molecule has 0 amide bonds. The lowest BCUT2D eigenvalue weighted by molar-refractivity contribution is 0.564. The van der Waals surface area contributed by atoms with Crippen LogP contribution in [0.4, 0.5) is 8.78 Å². The lowest BCUT2D eigenvalue weighted by Crippen LogP contribution is -2.19. The van der Waals surface area contributed by atoms with Gasteiger partial charge in [-0.2, -0.15) is 0 Å². The Morgan fingerprint density at radius 1 is 1.18 bits per heavy atom. The normalized spacial score (nSPS) is 12.4. The Labute approximate surface area is 97.5 Å². The van der Waals surface area contributed by atoms with E-state index >= 15 is 0 Å². The topological polar surface area (TPSA) is 37.8 Å². The molecule has 3 nitrogen and oxygen atoms in total. The number of nitrogens with one attached hydrogen (secondary N) is 1. The lowest BCUT2D eigenvalue weighted by atomic mass is 10.0. The number of nitrogens with zero attached hydrogens (tertiary/aromatic N) is 2.